The highest BCUT2D eigenvalue weighted by atomic mass is 16.2. The third-order valence-electron chi connectivity index (χ3n) is 5.20. The van der Waals surface area contributed by atoms with Gasteiger partial charge >= 0.3 is 0 Å². The predicted molar refractivity (Wildman–Crippen MR) is 99.7 cm³/mol. The smallest absolute Gasteiger partial charge is 0.272 e. The second-order valence-electron chi connectivity index (χ2n) is 7.27. The van der Waals surface area contributed by atoms with Crippen molar-refractivity contribution in [2.45, 2.75) is 38.1 Å². The fourth-order valence-electron chi connectivity index (χ4n) is 3.55. The molecule has 1 N–H and O–H groups in total. The molecule has 0 bridgehead atoms. The number of benzene rings is 1. The summed E-state index contributed by atoms with van der Waals surface area (Å²) in [5.74, 6) is 0.736. The highest BCUT2D eigenvalue weighted by molar-refractivity contribution is 5.93. The molecule has 2 heterocycles. The van der Waals surface area contributed by atoms with Gasteiger partial charge in [-0.25, -0.2) is 0 Å². The van der Waals surface area contributed by atoms with Crippen LogP contribution in [-0.4, -0.2) is 34.9 Å². The van der Waals surface area contributed by atoms with Crippen LogP contribution in [0.5, 0.6) is 0 Å². The maximum Gasteiger partial charge on any atom is 0.272 e. The van der Waals surface area contributed by atoms with Gasteiger partial charge in [0.05, 0.1) is 0 Å². The maximum absolute atomic E-state index is 12.8. The first-order valence-corrected chi connectivity index (χ1v) is 9.34. The van der Waals surface area contributed by atoms with E-state index in [1.54, 1.807) is 6.20 Å². The molecular formula is C21H25N3O. The highest BCUT2D eigenvalue weighted by Gasteiger charge is 2.25. The number of pyridine rings is 1. The standard InChI is InChI=1S/C21H25N3O/c25-21(20-15-19(8-11-22-20)23-18-6-7-18)24-12-9-17(10-13-24)14-16-4-2-1-3-5-16/h1-5,8,11,15,17-18H,6-7,9-10,12-14H2,(H,22,23). The summed E-state index contributed by atoms with van der Waals surface area (Å²) in [6, 6.07) is 15.1. The highest BCUT2D eigenvalue weighted by Crippen LogP contribution is 2.26. The van der Waals surface area contributed by atoms with E-state index in [0.29, 0.717) is 17.7 Å². The van der Waals surface area contributed by atoms with Gasteiger partial charge in [-0.1, -0.05) is 30.3 Å². The van der Waals surface area contributed by atoms with Crippen LogP contribution in [0.1, 0.15) is 41.7 Å². The van der Waals surface area contributed by atoms with E-state index in [0.717, 1.165) is 38.0 Å². The summed E-state index contributed by atoms with van der Waals surface area (Å²) in [6.45, 7) is 1.66. The summed E-state index contributed by atoms with van der Waals surface area (Å²) in [5, 5.41) is 3.44. The average Bonchev–Trinajstić information content (AvgIpc) is 3.47. The van der Waals surface area contributed by atoms with Crippen molar-refractivity contribution < 1.29 is 4.79 Å². The third kappa shape index (κ3) is 4.19. The molecule has 4 heteroatoms. The van der Waals surface area contributed by atoms with Crippen molar-refractivity contribution in [3.05, 3.63) is 59.9 Å². The lowest BCUT2D eigenvalue weighted by Gasteiger charge is -2.32. The minimum absolute atomic E-state index is 0.0672. The van der Waals surface area contributed by atoms with Crippen LogP contribution in [0.2, 0.25) is 0 Å². The molecule has 1 aliphatic carbocycles. The van der Waals surface area contributed by atoms with Crippen molar-refractivity contribution in [2.24, 2.45) is 5.92 Å². The molecular weight excluding hydrogens is 310 g/mol. The Morgan fingerprint density at radius 3 is 2.56 bits per heavy atom. The predicted octanol–water partition coefficient (Wildman–Crippen LogP) is 3.75. The van der Waals surface area contributed by atoms with Gasteiger partial charge < -0.3 is 10.2 Å². The Balaban J connectivity index is 1.33. The number of anilines is 1. The van der Waals surface area contributed by atoms with Crippen molar-refractivity contribution >= 4 is 11.6 Å². The van der Waals surface area contributed by atoms with Gasteiger partial charge in [-0.3, -0.25) is 9.78 Å². The summed E-state index contributed by atoms with van der Waals surface area (Å²) >= 11 is 0. The quantitative estimate of drug-likeness (QED) is 0.905. The molecule has 1 aromatic heterocycles. The molecule has 0 unspecified atom stereocenters. The second-order valence-corrected chi connectivity index (χ2v) is 7.27. The van der Waals surface area contributed by atoms with Crippen LogP contribution >= 0.6 is 0 Å². The lowest BCUT2D eigenvalue weighted by atomic mass is 9.90. The molecule has 25 heavy (non-hydrogen) atoms. The summed E-state index contributed by atoms with van der Waals surface area (Å²) in [6.07, 6.45) is 7.43. The molecule has 0 atom stereocenters. The first-order valence-electron chi connectivity index (χ1n) is 9.34. The molecule has 4 rings (SSSR count). The van der Waals surface area contributed by atoms with Crippen molar-refractivity contribution in [3.63, 3.8) is 0 Å². The van der Waals surface area contributed by atoms with Crippen molar-refractivity contribution in [2.75, 3.05) is 18.4 Å². The minimum atomic E-state index is 0.0672. The van der Waals surface area contributed by atoms with Gasteiger partial charge in [-0.05, 0) is 55.7 Å². The van der Waals surface area contributed by atoms with Gasteiger partial charge in [-0.15, -0.1) is 0 Å². The van der Waals surface area contributed by atoms with Gasteiger partial charge in [0.25, 0.3) is 5.91 Å². The zero-order valence-electron chi connectivity index (χ0n) is 14.5. The Morgan fingerprint density at radius 1 is 1.08 bits per heavy atom. The van der Waals surface area contributed by atoms with Gasteiger partial charge in [0.15, 0.2) is 0 Å². The van der Waals surface area contributed by atoms with Crippen LogP contribution in [-0.2, 0) is 6.42 Å². The fourth-order valence-corrected chi connectivity index (χ4v) is 3.55. The van der Waals surface area contributed by atoms with E-state index in [4.69, 9.17) is 0 Å². The molecule has 1 aliphatic heterocycles. The SMILES string of the molecule is O=C(c1cc(NC2CC2)ccn1)N1CCC(Cc2ccccc2)CC1. The number of carbonyl (C=O) groups excluding carboxylic acids is 1. The topological polar surface area (TPSA) is 45.2 Å². The molecule has 2 aliphatic rings. The largest absolute Gasteiger partial charge is 0.382 e. The zero-order chi connectivity index (χ0) is 17.1. The Labute approximate surface area is 149 Å². The number of nitrogens with zero attached hydrogens (tertiary/aromatic N) is 2. The first-order chi connectivity index (χ1) is 12.3. The number of piperidine rings is 1. The lowest BCUT2D eigenvalue weighted by molar-refractivity contribution is 0.0684. The number of hydrogen-bond donors (Lipinski definition) is 1. The fraction of sp³-hybridized carbons (Fsp3) is 0.429. The summed E-state index contributed by atoms with van der Waals surface area (Å²) < 4.78 is 0. The molecule has 2 fully saturated rings. The van der Waals surface area contributed by atoms with E-state index >= 15 is 0 Å². The number of carbonyl (C=O) groups is 1. The van der Waals surface area contributed by atoms with E-state index in [2.05, 4.69) is 40.6 Å². The van der Waals surface area contributed by atoms with Crippen LogP contribution in [0.4, 0.5) is 5.69 Å². The molecule has 1 saturated carbocycles. The summed E-state index contributed by atoms with van der Waals surface area (Å²) in [4.78, 5) is 19.0. The molecule has 4 nitrogen and oxygen atoms in total. The Morgan fingerprint density at radius 2 is 1.84 bits per heavy atom. The molecule has 0 spiro atoms. The van der Waals surface area contributed by atoms with Crippen LogP contribution in [0.15, 0.2) is 48.7 Å². The maximum atomic E-state index is 12.8. The van der Waals surface area contributed by atoms with Crippen molar-refractivity contribution in [1.29, 1.82) is 0 Å². The molecule has 0 radical (unpaired) electrons. The Hall–Kier alpha value is -2.36. The van der Waals surface area contributed by atoms with Crippen LogP contribution < -0.4 is 5.32 Å². The van der Waals surface area contributed by atoms with Gasteiger partial charge in [0.2, 0.25) is 0 Å². The van der Waals surface area contributed by atoms with Crippen molar-refractivity contribution in [3.8, 4) is 0 Å². The average molecular weight is 335 g/mol. The Bertz CT molecular complexity index is 719. The van der Waals surface area contributed by atoms with Gasteiger partial charge in [-0.2, -0.15) is 0 Å². The van der Waals surface area contributed by atoms with E-state index in [9.17, 15) is 4.79 Å². The van der Waals surface area contributed by atoms with Crippen LogP contribution in [0.25, 0.3) is 0 Å². The van der Waals surface area contributed by atoms with E-state index in [1.165, 1.54) is 18.4 Å². The lowest BCUT2D eigenvalue weighted by Crippen LogP contribution is -2.39. The number of rotatable bonds is 5. The Kier molecular flexibility index (Phi) is 4.68. The van der Waals surface area contributed by atoms with E-state index in [-0.39, 0.29) is 5.91 Å². The summed E-state index contributed by atoms with van der Waals surface area (Å²) in [7, 11) is 0. The second kappa shape index (κ2) is 7.26. The van der Waals surface area contributed by atoms with E-state index < -0.39 is 0 Å². The zero-order valence-corrected chi connectivity index (χ0v) is 14.5. The van der Waals surface area contributed by atoms with Crippen molar-refractivity contribution in [1.82, 2.24) is 9.88 Å². The molecule has 1 aromatic carbocycles. The van der Waals surface area contributed by atoms with Gasteiger partial charge in [0.1, 0.15) is 5.69 Å². The van der Waals surface area contributed by atoms with Gasteiger partial charge in [0, 0.05) is 31.0 Å². The number of amides is 1. The first kappa shape index (κ1) is 16.1. The molecule has 2 aromatic rings. The molecule has 1 saturated heterocycles. The number of nitrogens with one attached hydrogen (secondary N) is 1. The monoisotopic (exact) mass is 335 g/mol. The van der Waals surface area contributed by atoms with Crippen LogP contribution in [0, 0.1) is 5.92 Å². The normalized spacial score (nSPS) is 18.2. The minimum Gasteiger partial charge on any atom is -0.382 e. The molecule has 1 amide bonds. The molecule has 130 valence electrons. The summed E-state index contributed by atoms with van der Waals surface area (Å²) in [5.41, 5.74) is 2.97. The third-order valence-corrected chi connectivity index (χ3v) is 5.20. The number of likely N-dealkylation sites (tertiary alicyclic amines) is 1. The van der Waals surface area contributed by atoms with Crippen LogP contribution in [0.3, 0.4) is 0 Å². The number of aromatic nitrogens is 1. The number of hydrogen-bond acceptors (Lipinski definition) is 3. The van der Waals surface area contributed by atoms with E-state index in [1.807, 2.05) is 17.0 Å².